The van der Waals surface area contributed by atoms with Crippen molar-refractivity contribution in [3.8, 4) is 0 Å². The quantitative estimate of drug-likeness (QED) is 0.249. The zero-order valence-corrected chi connectivity index (χ0v) is 24.9. The summed E-state index contributed by atoms with van der Waals surface area (Å²) >= 11 is 0. The van der Waals surface area contributed by atoms with Crippen LogP contribution in [0.4, 0.5) is 10.1 Å². The Kier molecular flexibility index (Phi) is 11.9. The number of nitrogens with zero attached hydrogens (tertiary/aromatic N) is 2. The Labute approximate surface area is 243 Å². The molecule has 1 unspecified atom stereocenters. The number of rotatable bonds is 15. The molecule has 0 saturated carbocycles. The number of carbonyl (C=O) groups excluding carboxylic acids is 2. The van der Waals surface area contributed by atoms with Crippen molar-refractivity contribution in [3.05, 3.63) is 101 Å². The number of benzene rings is 3. The van der Waals surface area contributed by atoms with Gasteiger partial charge in [-0.1, -0.05) is 73.5 Å². The van der Waals surface area contributed by atoms with Crippen molar-refractivity contribution in [1.82, 2.24) is 10.2 Å². The van der Waals surface area contributed by atoms with Gasteiger partial charge in [-0.15, -0.1) is 0 Å². The molecule has 41 heavy (non-hydrogen) atoms. The van der Waals surface area contributed by atoms with Crippen molar-refractivity contribution in [3.63, 3.8) is 0 Å². The number of anilines is 1. The number of halogens is 1. The number of nitrogens with one attached hydrogen (secondary N) is 1. The first-order valence-corrected chi connectivity index (χ1v) is 15.8. The third kappa shape index (κ3) is 10.0. The lowest BCUT2D eigenvalue weighted by atomic mass is 10.0. The van der Waals surface area contributed by atoms with E-state index < -0.39 is 16.1 Å². The molecule has 0 heterocycles. The van der Waals surface area contributed by atoms with Crippen molar-refractivity contribution in [2.45, 2.75) is 58.5 Å². The van der Waals surface area contributed by atoms with Gasteiger partial charge >= 0.3 is 0 Å². The minimum Gasteiger partial charge on any atom is -0.354 e. The lowest BCUT2D eigenvalue weighted by Gasteiger charge is -2.32. The average Bonchev–Trinajstić information content (AvgIpc) is 2.94. The molecule has 0 aliphatic heterocycles. The second-order valence-corrected chi connectivity index (χ2v) is 12.2. The van der Waals surface area contributed by atoms with Crippen LogP contribution in [0, 0.1) is 12.7 Å². The summed E-state index contributed by atoms with van der Waals surface area (Å²) in [6, 6.07) is 21.7. The van der Waals surface area contributed by atoms with Gasteiger partial charge in [-0.25, -0.2) is 12.8 Å². The average molecular weight is 582 g/mol. The molecule has 7 nitrogen and oxygen atoms in total. The number of sulfonamides is 1. The number of amides is 2. The van der Waals surface area contributed by atoms with Crippen LogP contribution >= 0.6 is 0 Å². The molecule has 1 atom stereocenters. The van der Waals surface area contributed by atoms with Gasteiger partial charge in [-0.3, -0.25) is 13.9 Å². The predicted molar refractivity (Wildman–Crippen MR) is 161 cm³/mol. The van der Waals surface area contributed by atoms with E-state index in [4.69, 9.17) is 0 Å². The van der Waals surface area contributed by atoms with E-state index >= 15 is 0 Å². The zero-order valence-electron chi connectivity index (χ0n) is 24.1. The van der Waals surface area contributed by atoms with Gasteiger partial charge in [0.2, 0.25) is 21.8 Å². The summed E-state index contributed by atoms with van der Waals surface area (Å²) in [7, 11) is -3.58. The van der Waals surface area contributed by atoms with Gasteiger partial charge < -0.3 is 10.2 Å². The molecule has 0 spiro atoms. The highest BCUT2D eigenvalue weighted by molar-refractivity contribution is 7.92. The molecule has 0 bridgehead atoms. The van der Waals surface area contributed by atoms with E-state index in [1.165, 1.54) is 21.3 Å². The van der Waals surface area contributed by atoms with E-state index in [2.05, 4.69) is 5.32 Å². The maximum absolute atomic E-state index is 13.8. The number of hydrogen-bond donors (Lipinski definition) is 1. The zero-order chi connectivity index (χ0) is 29.8. The van der Waals surface area contributed by atoms with Crippen molar-refractivity contribution >= 4 is 27.5 Å². The minimum atomic E-state index is -3.58. The third-order valence-electron chi connectivity index (χ3n) is 6.84. The predicted octanol–water partition coefficient (Wildman–Crippen LogP) is 5.24. The minimum absolute atomic E-state index is 0.0343. The highest BCUT2D eigenvalue weighted by Gasteiger charge is 2.30. The number of hydrogen-bond acceptors (Lipinski definition) is 4. The highest BCUT2D eigenvalue weighted by Crippen LogP contribution is 2.21. The van der Waals surface area contributed by atoms with Crippen LogP contribution in [0.25, 0.3) is 0 Å². The molecule has 3 rings (SSSR count). The van der Waals surface area contributed by atoms with E-state index in [0.717, 1.165) is 30.2 Å². The molecule has 3 aromatic carbocycles. The van der Waals surface area contributed by atoms with Gasteiger partial charge in [0.05, 0.1) is 11.9 Å². The first kappa shape index (κ1) is 31.8. The topological polar surface area (TPSA) is 86.8 Å². The normalized spacial score (nSPS) is 12.0. The fourth-order valence-corrected chi connectivity index (χ4v) is 5.53. The molecule has 0 saturated heterocycles. The molecule has 0 aromatic heterocycles. The van der Waals surface area contributed by atoms with Crippen LogP contribution in [-0.4, -0.2) is 50.5 Å². The summed E-state index contributed by atoms with van der Waals surface area (Å²) < 4.78 is 40.1. The van der Waals surface area contributed by atoms with Crippen LogP contribution in [-0.2, 0) is 32.6 Å². The Hall–Kier alpha value is -3.72. The van der Waals surface area contributed by atoms with Crippen LogP contribution in [0.5, 0.6) is 0 Å². The Morgan fingerprint density at radius 3 is 2.17 bits per heavy atom. The van der Waals surface area contributed by atoms with E-state index in [9.17, 15) is 22.4 Å². The van der Waals surface area contributed by atoms with Gasteiger partial charge in [-0.05, 0) is 55.2 Å². The Bertz CT molecular complexity index is 1360. The SMILES string of the molecule is CCCCNC(=O)C(Cc1ccccc1)N(Cc1ccc(F)cc1)C(=O)CCCN(c1ccc(C)cc1)S(C)(=O)=O. The smallest absolute Gasteiger partial charge is 0.243 e. The highest BCUT2D eigenvalue weighted by atomic mass is 32.2. The standard InChI is InChI=1S/C32H40FN3O4S/c1-4-5-21-34-32(38)30(23-26-10-7-6-8-11-26)35(24-27-15-17-28(33)18-16-27)31(37)12-9-22-36(41(3,39)40)29-19-13-25(2)14-20-29/h6-8,10-11,13-20,30H,4-5,9,12,21-24H2,1-3H3,(H,34,38). The molecule has 2 amide bonds. The molecule has 0 aliphatic rings. The maximum atomic E-state index is 13.8. The first-order chi connectivity index (χ1) is 19.6. The van der Waals surface area contributed by atoms with E-state index in [0.29, 0.717) is 24.2 Å². The fourth-order valence-electron chi connectivity index (χ4n) is 4.56. The molecule has 3 aromatic rings. The second kappa shape index (κ2) is 15.3. The van der Waals surface area contributed by atoms with Crippen LogP contribution in [0.1, 0.15) is 49.3 Å². The van der Waals surface area contributed by atoms with Crippen molar-refractivity contribution < 1.29 is 22.4 Å². The van der Waals surface area contributed by atoms with Crippen LogP contribution in [0.3, 0.4) is 0 Å². The number of carbonyl (C=O) groups is 2. The van der Waals surface area contributed by atoms with Gasteiger partial charge in [0, 0.05) is 32.5 Å². The molecule has 0 aliphatic carbocycles. The lowest BCUT2D eigenvalue weighted by Crippen LogP contribution is -2.50. The summed E-state index contributed by atoms with van der Waals surface area (Å²) in [6.45, 7) is 4.69. The Morgan fingerprint density at radius 2 is 1.56 bits per heavy atom. The Balaban J connectivity index is 1.86. The number of unbranched alkanes of at least 4 members (excludes halogenated alkanes) is 1. The summed E-state index contributed by atoms with van der Waals surface area (Å²) in [6.07, 6.45) is 3.48. The molecule has 0 radical (unpaired) electrons. The number of aryl methyl sites for hydroxylation is 1. The van der Waals surface area contributed by atoms with Crippen molar-refractivity contribution in [2.24, 2.45) is 0 Å². The van der Waals surface area contributed by atoms with Gasteiger partial charge in [-0.2, -0.15) is 0 Å². The summed E-state index contributed by atoms with van der Waals surface area (Å²) in [5.41, 5.74) is 3.14. The van der Waals surface area contributed by atoms with Gasteiger partial charge in [0.1, 0.15) is 11.9 Å². The Morgan fingerprint density at radius 1 is 0.902 bits per heavy atom. The summed E-state index contributed by atoms with van der Waals surface area (Å²) in [5, 5.41) is 2.97. The molecule has 1 N–H and O–H groups in total. The molecule has 220 valence electrons. The van der Waals surface area contributed by atoms with Crippen LogP contribution in [0.15, 0.2) is 78.9 Å². The molecule has 0 fully saturated rings. The van der Waals surface area contributed by atoms with E-state index in [1.807, 2.05) is 56.3 Å². The van der Waals surface area contributed by atoms with Gasteiger partial charge in [0.25, 0.3) is 0 Å². The first-order valence-electron chi connectivity index (χ1n) is 14.0. The lowest BCUT2D eigenvalue weighted by molar-refractivity contribution is -0.141. The third-order valence-corrected chi connectivity index (χ3v) is 8.04. The maximum Gasteiger partial charge on any atom is 0.243 e. The van der Waals surface area contributed by atoms with Crippen LogP contribution in [0.2, 0.25) is 0 Å². The molecular weight excluding hydrogens is 541 g/mol. The van der Waals surface area contributed by atoms with E-state index in [1.54, 1.807) is 24.3 Å². The molecular formula is C32H40FN3O4S. The van der Waals surface area contributed by atoms with Crippen LogP contribution < -0.4 is 9.62 Å². The van der Waals surface area contributed by atoms with E-state index in [-0.39, 0.29) is 43.6 Å². The monoisotopic (exact) mass is 581 g/mol. The van der Waals surface area contributed by atoms with Crippen molar-refractivity contribution in [1.29, 1.82) is 0 Å². The largest absolute Gasteiger partial charge is 0.354 e. The van der Waals surface area contributed by atoms with Gasteiger partial charge in [0.15, 0.2) is 0 Å². The molecule has 9 heteroatoms. The van der Waals surface area contributed by atoms with Crippen molar-refractivity contribution in [2.75, 3.05) is 23.7 Å². The fraction of sp³-hybridized carbons (Fsp3) is 0.375. The summed E-state index contributed by atoms with van der Waals surface area (Å²) in [4.78, 5) is 28.8. The second-order valence-electron chi connectivity index (χ2n) is 10.3. The summed E-state index contributed by atoms with van der Waals surface area (Å²) in [5.74, 6) is -0.921.